The Balaban J connectivity index is 2.05. The van der Waals surface area contributed by atoms with Gasteiger partial charge in [0.1, 0.15) is 6.04 Å². The summed E-state index contributed by atoms with van der Waals surface area (Å²) in [6, 6.07) is 19.6. The number of sulfonamides is 1. The van der Waals surface area contributed by atoms with Gasteiger partial charge >= 0.3 is 0 Å². The number of amides is 1. The van der Waals surface area contributed by atoms with Gasteiger partial charge in [-0.05, 0) is 55.7 Å². The van der Waals surface area contributed by atoms with Crippen LogP contribution in [0.15, 0.2) is 77.7 Å². The number of aryl methyl sites for hydroxylation is 2. The highest BCUT2D eigenvalue weighted by molar-refractivity contribution is 7.89. The summed E-state index contributed by atoms with van der Waals surface area (Å²) in [4.78, 5) is 12.5. The Morgan fingerprint density at radius 2 is 1.55 bits per heavy atom. The second kappa shape index (κ2) is 9.64. The largest absolute Gasteiger partial charge is 0.368 e. The van der Waals surface area contributed by atoms with Crippen LogP contribution in [0.5, 0.6) is 0 Å². The van der Waals surface area contributed by atoms with Crippen molar-refractivity contribution in [1.82, 2.24) is 4.31 Å². The van der Waals surface area contributed by atoms with Crippen LogP contribution >= 0.6 is 11.6 Å². The van der Waals surface area contributed by atoms with Crippen molar-refractivity contribution in [2.24, 2.45) is 5.73 Å². The second-order valence-electron chi connectivity index (χ2n) is 7.53. The van der Waals surface area contributed by atoms with Gasteiger partial charge in [-0.2, -0.15) is 4.31 Å². The van der Waals surface area contributed by atoms with Crippen LogP contribution in [0, 0.1) is 13.8 Å². The average molecular weight is 457 g/mol. The summed E-state index contributed by atoms with van der Waals surface area (Å²) in [5.41, 5.74) is 9.42. The van der Waals surface area contributed by atoms with E-state index in [0.717, 1.165) is 16.7 Å². The van der Waals surface area contributed by atoms with Crippen LogP contribution in [0.3, 0.4) is 0 Å². The molecule has 0 radical (unpaired) electrons. The molecule has 1 atom stereocenters. The maximum atomic E-state index is 13.6. The Morgan fingerprint density at radius 1 is 0.968 bits per heavy atom. The van der Waals surface area contributed by atoms with Gasteiger partial charge in [-0.3, -0.25) is 4.79 Å². The molecule has 0 heterocycles. The number of nitrogens with two attached hydrogens (primary N) is 1. The third-order valence-electron chi connectivity index (χ3n) is 5.00. The van der Waals surface area contributed by atoms with Crippen LogP contribution in [0.4, 0.5) is 0 Å². The van der Waals surface area contributed by atoms with Crippen molar-refractivity contribution in [1.29, 1.82) is 0 Å². The molecule has 5 nitrogen and oxygen atoms in total. The molecule has 1 unspecified atom stereocenters. The van der Waals surface area contributed by atoms with E-state index in [4.69, 9.17) is 17.3 Å². The molecule has 7 heteroatoms. The summed E-state index contributed by atoms with van der Waals surface area (Å²) in [6.45, 7) is 4.08. The lowest BCUT2D eigenvalue weighted by atomic mass is 10.0. The Kier molecular flexibility index (Phi) is 7.15. The van der Waals surface area contributed by atoms with Crippen molar-refractivity contribution in [2.45, 2.75) is 31.2 Å². The van der Waals surface area contributed by atoms with Gasteiger partial charge in [0.2, 0.25) is 15.9 Å². The summed E-state index contributed by atoms with van der Waals surface area (Å²) >= 11 is 5.94. The number of rotatable bonds is 8. The number of benzene rings is 3. The van der Waals surface area contributed by atoms with E-state index in [-0.39, 0.29) is 11.4 Å². The van der Waals surface area contributed by atoms with Crippen molar-refractivity contribution < 1.29 is 13.2 Å². The van der Waals surface area contributed by atoms with Gasteiger partial charge in [-0.15, -0.1) is 0 Å². The summed E-state index contributed by atoms with van der Waals surface area (Å²) in [5, 5.41) is 0.426. The minimum Gasteiger partial charge on any atom is -0.368 e. The lowest BCUT2D eigenvalue weighted by molar-refractivity contribution is -0.121. The van der Waals surface area contributed by atoms with Crippen molar-refractivity contribution >= 4 is 27.5 Å². The maximum Gasteiger partial charge on any atom is 0.244 e. The molecule has 0 aliphatic carbocycles. The number of carbonyl (C=O) groups excluding carboxylic acids is 1. The molecule has 3 rings (SSSR count). The molecule has 0 aliphatic rings. The zero-order chi connectivity index (χ0) is 22.6. The molecule has 0 aliphatic heterocycles. The molecule has 162 valence electrons. The normalized spacial score (nSPS) is 12.6. The topological polar surface area (TPSA) is 80.5 Å². The fourth-order valence-corrected chi connectivity index (χ4v) is 5.40. The Bertz CT molecular complexity index is 1140. The van der Waals surface area contributed by atoms with Crippen LogP contribution in [0.1, 0.15) is 28.3 Å². The number of nitrogens with zero attached hydrogens (tertiary/aromatic N) is 1. The Morgan fingerprint density at radius 3 is 2.10 bits per heavy atom. The molecule has 0 aromatic heterocycles. The van der Waals surface area contributed by atoms with E-state index in [9.17, 15) is 13.2 Å². The highest BCUT2D eigenvalue weighted by Crippen LogP contribution is 2.29. The molecule has 0 saturated carbocycles. The monoisotopic (exact) mass is 456 g/mol. The predicted molar refractivity (Wildman–Crippen MR) is 123 cm³/mol. The predicted octanol–water partition coefficient (Wildman–Crippen LogP) is 4.42. The van der Waals surface area contributed by atoms with Gasteiger partial charge in [-0.1, -0.05) is 71.3 Å². The highest BCUT2D eigenvalue weighted by atomic mass is 35.5. The van der Waals surface area contributed by atoms with Crippen LogP contribution < -0.4 is 5.73 Å². The van der Waals surface area contributed by atoms with E-state index >= 15 is 0 Å². The Hall–Kier alpha value is -2.67. The van der Waals surface area contributed by atoms with Crippen molar-refractivity contribution in [3.63, 3.8) is 0 Å². The van der Waals surface area contributed by atoms with Gasteiger partial charge in [0.05, 0.1) is 4.90 Å². The third kappa shape index (κ3) is 5.53. The van der Waals surface area contributed by atoms with Gasteiger partial charge < -0.3 is 5.73 Å². The number of halogens is 1. The first-order valence-electron chi connectivity index (χ1n) is 9.87. The zero-order valence-electron chi connectivity index (χ0n) is 17.5. The molecule has 3 aromatic rings. The smallest absolute Gasteiger partial charge is 0.244 e. The van der Waals surface area contributed by atoms with Gasteiger partial charge in [0, 0.05) is 11.6 Å². The number of carbonyl (C=O) groups is 1. The summed E-state index contributed by atoms with van der Waals surface area (Å²) in [6.07, 6.45) is 0.436. The fourth-order valence-electron chi connectivity index (χ4n) is 3.69. The lowest BCUT2D eigenvalue weighted by Gasteiger charge is -2.29. The van der Waals surface area contributed by atoms with Gasteiger partial charge in [-0.25, -0.2) is 8.42 Å². The van der Waals surface area contributed by atoms with Crippen LogP contribution in [-0.4, -0.2) is 25.2 Å². The molecule has 3 aromatic carbocycles. The van der Waals surface area contributed by atoms with Crippen LogP contribution in [0.2, 0.25) is 5.02 Å². The van der Waals surface area contributed by atoms with E-state index in [1.54, 1.807) is 30.3 Å². The quantitative estimate of drug-likeness (QED) is 0.544. The maximum absolute atomic E-state index is 13.6. The first kappa shape index (κ1) is 23.0. The summed E-state index contributed by atoms with van der Waals surface area (Å²) in [5.74, 6) is -0.732. The van der Waals surface area contributed by atoms with Crippen LogP contribution in [-0.2, 0) is 21.2 Å². The molecule has 2 N–H and O–H groups in total. The third-order valence-corrected chi connectivity index (χ3v) is 7.13. The first-order valence-corrected chi connectivity index (χ1v) is 11.7. The van der Waals surface area contributed by atoms with E-state index in [0.29, 0.717) is 17.0 Å². The molecule has 0 spiro atoms. The second-order valence-corrected chi connectivity index (χ2v) is 9.86. The minimum absolute atomic E-state index is 0.0551. The molecule has 0 bridgehead atoms. The van der Waals surface area contributed by atoms with Crippen molar-refractivity contribution in [2.75, 3.05) is 6.54 Å². The minimum atomic E-state index is -4.03. The molecule has 31 heavy (non-hydrogen) atoms. The highest BCUT2D eigenvalue weighted by Gasteiger charge is 2.35. The van der Waals surface area contributed by atoms with Crippen molar-refractivity contribution in [3.05, 3.63) is 100 Å². The SMILES string of the molecule is Cc1cc(C)cc(CCN(C(C(N)=O)c2ccccc2)S(=O)(=O)c2ccc(Cl)cc2)c1. The van der Waals surface area contributed by atoms with E-state index in [1.807, 2.05) is 26.0 Å². The van der Waals surface area contributed by atoms with E-state index in [1.165, 1.54) is 28.6 Å². The first-order chi connectivity index (χ1) is 14.7. The fraction of sp³-hybridized carbons (Fsp3) is 0.208. The standard InChI is InChI=1S/C24H25ClN2O3S/c1-17-14-18(2)16-19(15-17)12-13-27(23(24(26)28)20-6-4-3-5-7-20)31(29,30)22-10-8-21(25)9-11-22/h3-11,14-16,23H,12-13H2,1-2H3,(H2,26,28). The average Bonchev–Trinajstić information content (AvgIpc) is 2.71. The number of hydrogen-bond acceptors (Lipinski definition) is 3. The summed E-state index contributed by atoms with van der Waals surface area (Å²) < 4.78 is 28.4. The molecule has 0 fully saturated rings. The molecular weight excluding hydrogens is 432 g/mol. The zero-order valence-corrected chi connectivity index (χ0v) is 19.0. The molecular formula is C24H25ClN2O3S. The molecule has 0 saturated heterocycles. The molecule has 1 amide bonds. The van der Waals surface area contributed by atoms with E-state index < -0.39 is 22.0 Å². The Labute approximate surface area is 188 Å². The van der Waals surface area contributed by atoms with Gasteiger partial charge in [0.15, 0.2) is 0 Å². The number of hydrogen-bond donors (Lipinski definition) is 1. The summed E-state index contributed by atoms with van der Waals surface area (Å²) in [7, 11) is -4.03. The van der Waals surface area contributed by atoms with Crippen LogP contribution in [0.25, 0.3) is 0 Å². The van der Waals surface area contributed by atoms with Gasteiger partial charge in [0.25, 0.3) is 0 Å². The van der Waals surface area contributed by atoms with Crippen molar-refractivity contribution in [3.8, 4) is 0 Å². The lowest BCUT2D eigenvalue weighted by Crippen LogP contribution is -2.42. The van der Waals surface area contributed by atoms with E-state index in [2.05, 4.69) is 6.07 Å². The number of primary amides is 1.